The van der Waals surface area contributed by atoms with Gasteiger partial charge in [-0.1, -0.05) is 12.1 Å². The Morgan fingerprint density at radius 1 is 1.32 bits per heavy atom. The molecule has 0 atom stereocenters. The lowest BCUT2D eigenvalue weighted by molar-refractivity contribution is -0.384. The van der Waals surface area contributed by atoms with Gasteiger partial charge in [-0.15, -0.1) is 0 Å². The lowest BCUT2D eigenvalue weighted by Gasteiger charge is -2.06. The van der Waals surface area contributed by atoms with Gasteiger partial charge in [0.05, 0.1) is 17.3 Å². The van der Waals surface area contributed by atoms with E-state index >= 15 is 0 Å². The van der Waals surface area contributed by atoms with E-state index in [1.54, 1.807) is 12.1 Å². The lowest BCUT2D eigenvalue weighted by Crippen LogP contribution is -2.29. The van der Waals surface area contributed by atoms with Crippen LogP contribution in [0.4, 0.5) is 5.69 Å². The number of rotatable bonds is 8. The maximum atomic E-state index is 11.4. The van der Waals surface area contributed by atoms with Gasteiger partial charge in [-0.25, -0.2) is 13.1 Å². The number of nitrogens with one attached hydrogen (secondary N) is 1. The predicted octanol–water partition coefficient (Wildman–Crippen LogP) is 0.703. The molecular weight excluding hydrogens is 272 g/mol. The number of benzene rings is 1. The quantitative estimate of drug-likeness (QED) is 0.561. The van der Waals surface area contributed by atoms with Crippen LogP contribution in [0.1, 0.15) is 5.56 Å². The van der Waals surface area contributed by atoms with Gasteiger partial charge in [0.1, 0.15) is 0 Å². The van der Waals surface area contributed by atoms with Crippen LogP contribution in [0.2, 0.25) is 0 Å². The Balaban J connectivity index is 2.43. The van der Waals surface area contributed by atoms with Gasteiger partial charge in [0.15, 0.2) is 0 Å². The van der Waals surface area contributed by atoms with Crippen molar-refractivity contribution in [3.63, 3.8) is 0 Å². The summed E-state index contributed by atoms with van der Waals surface area (Å²) in [4.78, 5) is 9.99. The highest BCUT2D eigenvalue weighted by molar-refractivity contribution is 7.89. The number of hydrogen-bond donors (Lipinski definition) is 1. The van der Waals surface area contributed by atoms with E-state index < -0.39 is 14.9 Å². The Morgan fingerprint density at radius 3 is 2.47 bits per heavy atom. The summed E-state index contributed by atoms with van der Waals surface area (Å²) in [5, 5.41) is 10.5. The van der Waals surface area contributed by atoms with Crippen molar-refractivity contribution >= 4 is 15.7 Å². The van der Waals surface area contributed by atoms with Crippen LogP contribution >= 0.6 is 0 Å². The topological polar surface area (TPSA) is 98.5 Å². The summed E-state index contributed by atoms with van der Waals surface area (Å²) in [7, 11) is -1.88. The Labute approximate surface area is 111 Å². The highest BCUT2D eigenvalue weighted by Gasteiger charge is 2.09. The lowest BCUT2D eigenvalue weighted by atomic mass is 10.1. The molecular formula is C11H16N2O5S. The van der Waals surface area contributed by atoms with Gasteiger partial charge < -0.3 is 4.74 Å². The molecule has 1 aromatic carbocycles. The van der Waals surface area contributed by atoms with Gasteiger partial charge in [-0.3, -0.25) is 10.1 Å². The third kappa shape index (κ3) is 5.77. The van der Waals surface area contributed by atoms with Crippen molar-refractivity contribution < 1.29 is 18.1 Å². The molecule has 19 heavy (non-hydrogen) atoms. The van der Waals surface area contributed by atoms with Crippen molar-refractivity contribution in [1.82, 2.24) is 4.72 Å². The first-order chi connectivity index (χ1) is 8.94. The summed E-state index contributed by atoms with van der Waals surface area (Å²) in [5.74, 6) is -0.0796. The van der Waals surface area contributed by atoms with Crippen molar-refractivity contribution in [2.24, 2.45) is 0 Å². The third-order valence-electron chi connectivity index (χ3n) is 2.44. The highest BCUT2D eigenvalue weighted by Crippen LogP contribution is 2.11. The molecule has 0 saturated heterocycles. The van der Waals surface area contributed by atoms with E-state index in [2.05, 4.69) is 4.72 Å². The largest absolute Gasteiger partial charge is 0.384 e. The van der Waals surface area contributed by atoms with Gasteiger partial charge >= 0.3 is 0 Å². The first kappa shape index (κ1) is 15.5. The van der Waals surface area contributed by atoms with E-state index in [4.69, 9.17) is 4.74 Å². The summed E-state index contributed by atoms with van der Waals surface area (Å²) in [6, 6.07) is 6.02. The number of ether oxygens (including phenoxy) is 1. The van der Waals surface area contributed by atoms with Crippen LogP contribution in [0.25, 0.3) is 0 Å². The highest BCUT2D eigenvalue weighted by atomic mass is 32.2. The van der Waals surface area contributed by atoms with Gasteiger partial charge in [-0.05, 0) is 12.0 Å². The molecule has 0 radical (unpaired) electrons. The second-order valence-electron chi connectivity index (χ2n) is 3.88. The maximum absolute atomic E-state index is 11.4. The molecule has 0 fully saturated rings. The zero-order chi connectivity index (χ0) is 14.3. The van der Waals surface area contributed by atoms with E-state index in [9.17, 15) is 18.5 Å². The summed E-state index contributed by atoms with van der Waals surface area (Å²) >= 11 is 0. The van der Waals surface area contributed by atoms with Crippen molar-refractivity contribution in [3.05, 3.63) is 39.9 Å². The minimum absolute atomic E-state index is 0.0180. The minimum Gasteiger partial charge on any atom is -0.384 e. The molecule has 0 unspecified atom stereocenters. The number of nitro groups is 1. The number of hydrogen-bond acceptors (Lipinski definition) is 5. The van der Waals surface area contributed by atoms with E-state index in [0.717, 1.165) is 5.56 Å². The Hall–Kier alpha value is -1.51. The van der Waals surface area contributed by atoms with Gasteiger partial charge in [0.2, 0.25) is 10.0 Å². The molecule has 0 saturated carbocycles. The summed E-state index contributed by atoms with van der Waals surface area (Å²) < 4.78 is 30.0. The van der Waals surface area contributed by atoms with Crippen molar-refractivity contribution in [2.45, 2.75) is 6.42 Å². The molecule has 0 heterocycles. The zero-order valence-corrected chi connectivity index (χ0v) is 11.4. The second-order valence-corrected chi connectivity index (χ2v) is 5.81. The molecule has 0 spiro atoms. The predicted molar refractivity (Wildman–Crippen MR) is 70.5 cm³/mol. The fourth-order valence-electron chi connectivity index (χ4n) is 1.40. The number of sulfonamides is 1. The smallest absolute Gasteiger partial charge is 0.269 e. The average molecular weight is 288 g/mol. The summed E-state index contributed by atoms with van der Waals surface area (Å²) in [5.41, 5.74) is 0.851. The standard InChI is InChI=1S/C11H16N2O5S/c1-18-8-9-19(16,17)12-7-6-10-2-4-11(5-3-10)13(14)15/h2-5,12H,6-9H2,1H3. The van der Waals surface area contributed by atoms with Gasteiger partial charge in [0.25, 0.3) is 5.69 Å². The molecule has 0 aliphatic carbocycles. The van der Waals surface area contributed by atoms with Crippen LogP contribution in [-0.2, 0) is 21.2 Å². The molecule has 7 nitrogen and oxygen atoms in total. The van der Waals surface area contributed by atoms with E-state index in [1.807, 2.05) is 0 Å². The monoisotopic (exact) mass is 288 g/mol. The first-order valence-electron chi connectivity index (χ1n) is 5.64. The fourth-order valence-corrected chi connectivity index (χ4v) is 2.34. The van der Waals surface area contributed by atoms with Crippen LogP contribution in [0.3, 0.4) is 0 Å². The maximum Gasteiger partial charge on any atom is 0.269 e. The van der Waals surface area contributed by atoms with Crippen LogP contribution in [0.5, 0.6) is 0 Å². The normalized spacial score (nSPS) is 11.4. The van der Waals surface area contributed by atoms with Crippen LogP contribution in [0.15, 0.2) is 24.3 Å². The number of nitrogens with zero attached hydrogens (tertiary/aromatic N) is 1. The average Bonchev–Trinajstić information content (AvgIpc) is 2.37. The molecule has 8 heteroatoms. The van der Waals surface area contributed by atoms with Crippen LogP contribution < -0.4 is 4.72 Å². The third-order valence-corrected chi connectivity index (χ3v) is 3.79. The SMILES string of the molecule is COCCS(=O)(=O)NCCc1ccc([N+](=O)[O-])cc1. The van der Waals surface area contributed by atoms with Gasteiger partial charge in [-0.2, -0.15) is 0 Å². The molecule has 0 aromatic heterocycles. The molecule has 1 rings (SSSR count). The van der Waals surface area contributed by atoms with Crippen molar-refractivity contribution in [1.29, 1.82) is 0 Å². The number of non-ortho nitro benzene ring substituents is 1. The molecule has 0 bridgehead atoms. The summed E-state index contributed by atoms with van der Waals surface area (Å²) in [6.07, 6.45) is 0.476. The Morgan fingerprint density at radius 2 is 1.95 bits per heavy atom. The Kier molecular flexibility index (Phi) is 5.87. The van der Waals surface area contributed by atoms with E-state index in [1.165, 1.54) is 19.2 Å². The summed E-state index contributed by atoms with van der Waals surface area (Å²) in [6.45, 7) is 0.400. The molecule has 1 N–H and O–H groups in total. The first-order valence-corrected chi connectivity index (χ1v) is 7.29. The Bertz CT molecular complexity index is 512. The van der Waals surface area contributed by atoms with Crippen LogP contribution in [-0.4, -0.2) is 39.4 Å². The minimum atomic E-state index is -3.32. The van der Waals surface area contributed by atoms with Crippen LogP contribution in [0, 0.1) is 10.1 Å². The fraction of sp³-hybridized carbons (Fsp3) is 0.455. The van der Waals surface area contributed by atoms with E-state index in [-0.39, 0.29) is 24.6 Å². The number of nitro benzene ring substituents is 1. The molecule has 0 aliphatic heterocycles. The van der Waals surface area contributed by atoms with Crippen molar-refractivity contribution in [2.75, 3.05) is 26.0 Å². The molecule has 0 amide bonds. The zero-order valence-electron chi connectivity index (χ0n) is 10.5. The molecule has 0 aliphatic rings. The molecule has 1 aromatic rings. The second kappa shape index (κ2) is 7.17. The van der Waals surface area contributed by atoms with Gasteiger partial charge in [0, 0.05) is 25.8 Å². The van der Waals surface area contributed by atoms with E-state index in [0.29, 0.717) is 6.42 Å². The number of methoxy groups -OCH3 is 1. The van der Waals surface area contributed by atoms with Crippen molar-refractivity contribution in [3.8, 4) is 0 Å². The molecule has 106 valence electrons.